The number of aromatic nitrogens is 1. The molecule has 0 fully saturated rings. The van der Waals surface area contributed by atoms with E-state index in [2.05, 4.69) is 10.3 Å². The zero-order chi connectivity index (χ0) is 13.5. The standard InChI is InChI=1S/C14H13ClN2OS/c15-12-6-2-1-5-11(12)9-19-10-14(18)17-13-7-3-4-8-16-13/h1-8H,9-10H2,(H,16,17,18). The van der Waals surface area contributed by atoms with Gasteiger partial charge in [0.2, 0.25) is 5.91 Å². The first kappa shape index (κ1) is 13.9. The van der Waals surface area contributed by atoms with Crippen molar-refractivity contribution in [3.8, 4) is 0 Å². The van der Waals surface area contributed by atoms with Gasteiger partial charge in [-0.2, -0.15) is 0 Å². The van der Waals surface area contributed by atoms with Crippen LogP contribution < -0.4 is 5.32 Å². The molecular weight excluding hydrogens is 280 g/mol. The minimum Gasteiger partial charge on any atom is -0.310 e. The summed E-state index contributed by atoms with van der Waals surface area (Å²) < 4.78 is 0. The topological polar surface area (TPSA) is 42.0 Å². The lowest BCUT2D eigenvalue weighted by atomic mass is 10.2. The highest BCUT2D eigenvalue weighted by atomic mass is 35.5. The number of hydrogen-bond donors (Lipinski definition) is 1. The molecule has 5 heteroatoms. The molecule has 0 aliphatic heterocycles. The molecule has 98 valence electrons. The van der Waals surface area contributed by atoms with Gasteiger partial charge in [0.1, 0.15) is 5.82 Å². The third kappa shape index (κ3) is 4.58. The number of thioether (sulfide) groups is 1. The number of pyridine rings is 1. The minimum atomic E-state index is -0.0595. The Kier molecular flexibility index (Phi) is 5.24. The molecule has 0 aliphatic carbocycles. The fourth-order valence-corrected chi connectivity index (χ4v) is 2.60. The van der Waals surface area contributed by atoms with E-state index in [0.29, 0.717) is 11.6 Å². The Bertz CT molecular complexity index is 548. The summed E-state index contributed by atoms with van der Waals surface area (Å²) in [6.07, 6.45) is 1.65. The molecule has 0 aliphatic rings. The first-order valence-corrected chi connectivity index (χ1v) is 7.31. The van der Waals surface area contributed by atoms with E-state index in [1.807, 2.05) is 36.4 Å². The molecule has 1 aromatic carbocycles. The third-order valence-corrected chi connectivity index (χ3v) is 3.73. The van der Waals surface area contributed by atoms with Gasteiger partial charge in [0.05, 0.1) is 5.75 Å². The predicted molar refractivity (Wildman–Crippen MR) is 80.5 cm³/mol. The number of nitrogens with one attached hydrogen (secondary N) is 1. The highest BCUT2D eigenvalue weighted by molar-refractivity contribution is 7.99. The van der Waals surface area contributed by atoms with E-state index in [1.54, 1.807) is 12.3 Å². The number of carbonyl (C=O) groups excluding carboxylic acids is 1. The third-order valence-electron chi connectivity index (χ3n) is 2.38. The van der Waals surface area contributed by atoms with Gasteiger partial charge in [-0.1, -0.05) is 35.9 Å². The molecule has 3 nitrogen and oxygen atoms in total. The van der Waals surface area contributed by atoms with E-state index in [1.165, 1.54) is 11.8 Å². The summed E-state index contributed by atoms with van der Waals surface area (Å²) in [5.41, 5.74) is 1.04. The number of amides is 1. The Hall–Kier alpha value is -1.52. The van der Waals surface area contributed by atoms with Gasteiger partial charge in [-0.3, -0.25) is 4.79 Å². The number of anilines is 1. The quantitative estimate of drug-likeness (QED) is 0.915. The summed E-state index contributed by atoms with van der Waals surface area (Å²) >= 11 is 7.57. The second-order valence-corrected chi connectivity index (χ2v) is 5.24. The summed E-state index contributed by atoms with van der Waals surface area (Å²) in [6, 6.07) is 13.1. The van der Waals surface area contributed by atoms with E-state index in [0.717, 1.165) is 16.3 Å². The molecule has 2 aromatic rings. The Morgan fingerprint density at radius 1 is 1.21 bits per heavy atom. The molecular formula is C14H13ClN2OS. The summed E-state index contributed by atoms with van der Waals surface area (Å²) in [5, 5.41) is 3.48. The van der Waals surface area contributed by atoms with Crippen LogP contribution in [0, 0.1) is 0 Å². The molecule has 0 atom stereocenters. The highest BCUT2D eigenvalue weighted by Gasteiger charge is 2.04. The van der Waals surface area contributed by atoms with Gasteiger partial charge in [0, 0.05) is 17.0 Å². The van der Waals surface area contributed by atoms with Gasteiger partial charge < -0.3 is 5.32 Å². The smallest absolute Gasteiger partial charge is 0.235 e. The van der Waals surface area contributed by atoms with E-state index in [-0.39, 0.29) is 5.91 Å². The zero-order valence-corrected chi connectivity index (χ0v) is 11.7. The highest BCUT2D eigenvalue weighted by Crippen LogP contribution is 2.20. The lowest BCUT2D eigenvalue weighted by Crippen LogP contribution is -2.14. The Balaban J connectivity index is 1.77. The van der Waals surface area contributed by atoms with Crippen molar-refractivity contribution in [1.82, 2.24) is 4.98 Å². The molecule has 1 aromatic heterocycles. The van der Waals surface area contributed by atoms with Gasteiger partial charge in [-0.25, -0.2) is 4.98 Å². The normalized spacial score (nSPS) is 10.2. The van der Waals surface area contributed by atoms with Gasteiger partial charge in [-0.05, 0) is 23.8 Å². The molecule has 0 saturated carbocycles. The Labute approximate surface area is 121 Å². The zero-order valence-electron chi connectivity index (χ0n) is 10.2. The number of halogens is 1. The summed E-state index contributed by atoms with van der Waals surface area (Å²) in [7, 11) is 0. The van der Waals surface area contributed by atoms with Gasteiger partial charge in [0.25, 0.3) is 0 Å². The maximum absolute atomic E-state index is 11.7. The van der Waals surface area contributed by atoms with E-state index in [4.69, 9.17) is 11.6 Å². The van der Waals surface area contributed by atoms with Crippen LogP contribution in [0.25, 0.3) is 0 Å². The Morgan fingerprint density at radius 2 is 2.00 bits per heavy atom. The summed E-state index contributed by atoms with van der Waals surface area (Å²) in [6.45, 7) is 0. The predicted octanol–water partition coefficient (Wildman–Crippen LogP) is 3.61. The second kappa shape index (κ2) is 7.16. The van der Waals surface area contributed by atoms with Crippen LogP contribution in [0.2, 0.25) is 5.02 Å². The van der Waals surface area contributed by atoms with E-state index >= 15 is 0 Å². The molecule has 0 spiro atoms. The van der Waals surface area contributed by atoms with Crippen LogP contribution in [0.1, 0.15) is 5.56 Å². The molecule has 1 heterocycles. The van der Waals surface area contributed by atoms with Crippen LogP contribution in [-0.2, 0) is 10.5 Å². The monoisotopic (exact) mass is 292 g/mol. The lowest BCUT2D eigenvalue weighted by Gasteiger charge is -2.05. The van der Waals surface area contributed by atoms with E-state index in [9.17, 15) is 4.79 Å². The molecule has 0 bridgehead atoms. The maximum Gasteiger partial charge on any atom is 0.235 e. The van der Waals surface area contributed by atoms with Crippen LogP contribution in [-0.4, -0.2) is 16.6 Å². The molecule has 19 heavy (non-hydrogen) atoms. The largest absolute Gasteiger partial charge is 0.310 e. The second-order valence-electron chi connectivity index (χ2n) is 3.85. The first-order valence-electron chi connectivity index (χ1n) is 5.78. The Morgan fingerprint density at radius 3 is 2.74 bits per heavy atom. The number of hydrogen-bond acceptors (Lipinski definition) is 3. The summed E-state index contributed by atoms with van der Waals surface area (Å²) in [4.78, 5) is 15.7. The molecule has 0 unspecified atom stereocenters. The average Bonchev–Trinajstić information content (AvgIpc) is 2.42. The molecule has 0 saturated heterocycles. The lowest BCUT2D eigenvalue weighted by molar-refractivity contribution is -0.113. The molecule has 2 rings (SSSR count). The van der Waals surface area contributed by atoms with Crippen molar-refractivity contribution in [3.05, 3.63) is 59.2 Å². The van der Waals surface area contributed by atoms with Crippen LogP contribution in [0.3, 0.4) is 0 Å². The van der Waals surface area contributed by atoms with Crippen LogP contribution in [0.5, 0.6) is 0 Å². The van der Waals surface area contributed by atoms with Gasteiger partial charge in [0.15, 0.2) is 0 Å². The van der Waals surface area contributed by atoms with Gasteiger partial charge in [-0.15, -0.1) is 11.8 Å². The minimum absolute atomic E-state index is 0.0595. The van der Waals surface area contributed by atoms with Crippen molar-refractivity contribution in [2.24, 2.45) is 0 Å². The van der Waals surface area contributed by atoms with Gasteiger partial charge >= 0.3 is 0 Å². The SMILES string of the molecule is O=C(CSCc1ccccc1Cl)Nc1ccccn1. The van der Waals surface area contributed by atoms with Crippen molar-refractivity contribution < 1.29 is 4.79 Å². The van der Waals surface area contributed by atoms with Crippen LogP contribution in [0.15, 0.2) is 48.7 Å². The maximum atomic E-state index is 11.7. The molecule has 1 amide bonds. The van der Waals surface area contributed by atoms with Crippen LogP contribution >= 0.6 is 23.4 Å². The molecule has 0 radical (unpaired) electrons. The van der Waals surface area contributed by atoms with Crippen molar-refractivity contribution >= 4 is 35.1 Å². The molecule has 1 N–H and O–H groups in total. The summed E-state index contributed by atoms with van der Waals surface area (Å²) in [5.74, 6) is 1.61. The number of rotatable bonds is 5. The average molecular weight is 293 g/mol. The van der Waals surface area contributed by atoms with Crippen molar-refractivity contribution in [2.75, 3.05) is 11.1 Å². The van der Waals surface area contributed by atoms with Crippen molar-refractivity contribution in [2.45, 2.75) is 5.75 Å². The number of benzene rings is 1. The number of nitrogens with zero attached hydrogens (tertiary/aromatic N) is 1. The van der Waals surface area contributed by atoms with Crippen molar-refractivity contribution in [1.29, 1.82) is 0 Å². The number of carbonyl (C=O) groups is 1. The first-order chi connectivity index (χ1) is 9.25. The van der Waals surface area contributed by atoms with Crippen molar-refractivity contribution in [3.63, 3.8) is 0 Å². The fraction of sp³-hybridized carbons (Fsp3) is 0.143. The fourth-order valence-electron chi connectivity index (χ4n) is 1.48. The van der Waals surface area contributed by atoms with E-state index < -0.39 is 0 Å². The van der Waals surface area contributed by atoms with Crippen LogP contribution in [0.4, 0.5) is 5.82 Å².